The summed E-state index contributed by atoms with van der Waals surface area (Å²) < 4.78 is 0. The fraction of sp³-hybridized carbons (Fsp3) is 0.174. The minimum Gasteiger partial charge on any atom is -0.346 e. The van der Waals surface area contributed by atoms with Crippen molar-refractivity contribution in [3.63, 3.8) is 0 Å². The van der Waals surface area contributed by atoms with Gasteiger partial charge in [-0.3, -0.25) is 14.6 Å². The Morgan fingerprint density at radius 3 is 2.52 bits per heavy atom. The lowest BCUT2D eigenvalue weighted by Crippen LogP contribution is -2.27. The highest BCUT2D eigenvalue weighted by Gasteiger charge is 2.32. The smallest absolute Gasteiger partial charge is 0.251 e. The first-order chi connectivity index (χ1) is 14.2. The van der Waals surface area contributed by atoms with E-state index in [2.05, 4.69) is 10.3 Å². The molecule has 2 heterocycles. The molecule has 5 nitrogen and oxygen atoms in total. The molecule has 0 saturated carbocycles. The molecule has 1 aromatic heterocycles. The summed E-state index contributed by atoms with van der Waals surface area (Å²) in [4.78, 5) is 30.9. The summed E-state index contributed by atoms with van der Waals surface area (Å²) in [5.74, 6) is 0.476. The standard InChI is InChI=1S/C23H21N3O2S/c27-21-16-29-23(26(21)15-17-6-2-1-3-7-17)19-11-9-18(10-12-19)22(28)25-14-20-8-4-5-13-24-20/h1-13,23H,14-16H2,(H,25,28)/t23-/m1/s1. The van der Waals surface area contributed by atoms with Crippen LogP contribution in [0.3, 0.4) is 0 Å². The first kappa shape index (κ1) is 19.2. The van der Waals surface area contributed by atoms with Crippen molar-refractivity contribution in [1.29, 1.82) is 0 Å². The number of carbonyl (C=O) groups is 2. The first-order valence-corrected chi connectivity index (χ1v) is 10.5. The molecule has 1 saturated heterocycles. The van der Waals surface area contributed by atoms with E-state index < -0.39 is 0 Å². The highest BCUT2D eigenvalue weighted by Crippen LogP contribution is 2.39. The van der Waals surface area contributed by atoms with E-state index in [4.69, 9.17) is 0 Å². The number of nitrogens with one attached hydrogen (secondary N) is 1. The third kappa shape index (κ3) is 4.66. The minimum absolute atomic E-state index is 0.0339. The second kappa shape index (κ2) is 8.92. The van der Waals surface area contributed by atoms with Gasteiger partial charge < -0.3 is 10.2 Å². The Kier molecular flexibility index (Phi) is 5.91. The SMILES string of the molecule is O=C(NCc1ccccn1)c1ccc([C@H]2SCC(=O)N2Cc2ccccc2)cc1. The van der Waals surface area contributed by atoms with Crippen LogP contribution in [0.4, 0.5) is 0 Å². The van der Waals surface area contributed by atoms with Gasteiger partial charge >= 0.3 is 0 Å². The van der Waals surface area contributed by atoms with Crippen molar-refractivity contribution in [3.8, 4) is 0 Å². The molecule has 1 atom stereocenters. The van der Waals surface area contributed by atoms with E-state index in [1.165, 1.54) is 0 Å². The molecular weight excluding hydrogens is 382 g/mol. The van der Waals surface area contributed by atoms with Gasteiger partial charge in [0.2, 0.25) is 5.91 Å². The summed E-state index contributed by atoms with van der Waals surface area (Å²) in [5, 5.41) is 2.85. The fourth-order valence-electron chi connectivity index (χ4n) is 3.26. The van der Waals surface area contributed by atoms with E-state index in [0.717, 1.165) is 16.8 Å². The average Bonchev–Trinajstić information content (AvgIpc) is 3.14. The highest BCUT2D eigenvalue weighted by molar-refractivity contribution is 8.00. The van der Waals surface area contributed by atoms with Crippen LogP contribution in [0, 0.1) is 0 Å². The number of pyridine rings is 1. The monoisotopic (exact) mass is 403 g/mol. The number of aromatic nitrogens is 1. The molecule has 0 spiro atoms. The molecule has 4 rings (SSSR count). The molecule has 0 unspecified atom stereocenters. The number of benzene rings is 2. The molecular formula is C23H21N3O2S. The van der Waals surface area contributed by atoms with Gasteiger partial charge in [-0.15, -0.1) is 11.8 Å². The Morgan fingerprint density at radius 2 is 1.79 bits per heavy atom. The summed E-state index contributed by atoms with van der Waals surface area (Å²) in [6.07, 6.45) is 1.71. The van der Waals surface area contributed by atoms with Gasteiger partial charge in [0, 0.05) is 18.3 Å². The normalized spacial score (nSPS) is 16.1. The zero-order valence-electron chi connectivity index (χ0n) is 15.8. The van der Waals surface area contributed by atoms with Gasteiger partial charge in [0.15, 0.2) is 0 Å². The van der Waals surface area contributed by atoms with Crippen LogP contribution in [-0.2, 0) is 17.9 Å². The van der Waals surface area contributed by atoms with Crippen LogP contribution in [0.1, 0.15) is 32.6 Å². The van der Waals surface area contributed by atoms with Crippen LogP contribution in [0.15, 0.2) is 79.0 Å². The van der Waals surface area contributed by atoms with Crippen molar-refractivity contribution < 1.29 is 9.59 Å². The van der Waals surface area contributed by atoms with Gasteiger partial charge in [-0.25, -0.2) is 0 Å². The van der Waals surface area contributed by atoms with E-state index >= 15 is 0 Å². The Labute approximate surface area is 174 Å². The number of amides is 2. The second-order valence-corrected chi connectivity index (χ2v) is 7.86. The summed E-state index contributed by atoms with van der Waals surface area (Å²) >= 11 is 1.62. The number of rotatable bonds is 6. The summed E-state index contributed by atoms with van der Waals surface area (Å²) in [5.41, 5.74) is 3.54. The Bertz CT molecular complexity index is 978. The lowest BCUT2D eigenvalue weighted by atomic mass is 10.1. The van der Waals surface area contributed by atoms with Gasteiger partial charge in [0.1, 0.15) is 5.37 Å². The van der Waals surface area contributed by atoms with Crippen molar-refractivity contribution in [1.82, 2.24) is 15.2 Å². The molecule has 1 N–H and O–H groups in total. The number of hydrogen-bond donors (Lipinski definition) is 1. The maximum Gasteiger partial charge on any atom is 0.251 e. The molecule has 3 aromatic rings. The number of thioether (sulfide) groups is 1. The van der Waals surface area contributed by atoms with Crippen LogP contribution >= 0.6 is 11.8 Å². The van der Waals surface area contributed by atoms with Crippen LogP contribution in [-0.4, -0.2) is 27.5 Å². The Balaban J connectivity index is 1.42. The molecule has 2 aromatic carbocycles. The largest absolute Gasteiger partial charge is 0.346 e. The van der Waals surface area contributed by atoms with Crippen LogP contribution in [0.2, 0.25) is 0 Å². The number of carbonyl (C=O) groups excluding carboxylic acids is 2. The van der Waals surface area contributed by atoms with Crippen molar-refractivity contribution in [2.75, 3.05) is 5.75 Å². The van der Waals surface area contributed by atoms with Crippen molar-refractivity contribution in [2.45, 2.75) is 18.5 Å². The molecule has 2 amide bonds. The molecule has 1 fully saturated rings. The van der Waals surface area contributed by atoms with E-state index in [1.807, 2.05) is 77.7 Å². The molecule has 0 bridgehead atoms. The Morgan fingerprint density at radius 1 is 1.03 bits per heavy atom. The molecule has 1 aliphatic rings. The van der Waals surface area contributed by atoms with Crippen LogP contribution in [0.5, 0.6) is 0 Å². The minimum atomic E-state index is -0.140. The van der Waals surface area contributed by atoms with E-state index in [1.54, 1.807) is 18.0 Å². The second-order valence-electron chi connectivity index (χ2n) is 6.80. The van der Waals surface area contributed by atoms with Crippen LogP contribution in [0.25, 0.3) is 0 Å². The van der Waals surface area contributed by atoms with Gasteiger partial charge in [0.05, 0.1) is 18.0 Å². The van der Waals surface area contributed by atoms with Gasteiger partial charge in [-0.05, 0) is 35.4 Å². The Hall–Kier alpha value is -3.12. The van der Waals surface area contributed by atoms with Crippen LogP contribution < -0.4 is 5.32 Å². The predicted molar refractivity (Wildman–Crippen MR) is 114 cm³/mol. The van der Waals surface area contributed by atoms with E-state index in [0.29, 0.717) is 24.4 Å². The van der Waals surface area contributed by atoms with Gasteiger partial charge in [0.25, 0.3) is 5.91 Å². The van der Waals surface area contributed by atoms with E-state index in [-0.39, 0.29) is 17.2 Å². The van der Waals surface area contributed by atoms with Gasteiger partial charge in [-0.2, -0.15) is 0 Å². The summed E-state index contributed by atoms with van der Waals surface area (Å²) in [6, 6.07) is 23.1. The lowest BCUT2D eigenvalue weighted by Gasteiger charge is -2.24. The van der Waals surface area contributed by atoms with Crippen molar-refractivity contribution in [2.24, 2.45) is 0 Å². The lowest BCUT2D eigenvalue weighted by molar-refractivity contribution is -0.128. The van der Waals surface area contributed by atoms with Crippen molar-refractivity contribution in [3.05, 3.63) is 101 Å². The van der Waals surface area contributed by atoms with E-state index in [9.17, 15) is 9.59 Å². The zero-order chi connectivity index (χ0) is 20.1. The molecule has 29 heavy (non-hydrogen) atoms. The summed E-state index contributed by atoms with van der Waals surface area (Å²) in [6.45, 7) is 0.975. The predicted octanol–water partition coefficient (Wildman–Crippen LogP) is 3.79. The maximum atomic E-state index is 12.4. The third-order valence-corrected chi connectivity index (χ3v) is 6.03. The molecule has 146 valence electrons. The molecule has 6 heteroatoms. The quantitative estimate of drug-likeness (QED) is 0.680. The highest BCUT2D eigenvalue weighted by atomic mass is 32.2. The zero-order valence-corrected chi connectivity index (χ0v) is 16.6. The fourth-order valence-corrected chi connectivity index (χ4v) is 4.44. The number of nitrogens with zero attached hydrogens (tertiary/aromatic N) is 2. The maximum absolute atomic E-state index is 12.4. The molecule has 1 aliphatic heterocycles. The number of hydrogen-bond acceptors (Lipinski definition) is 4. The summed E-state index contributed by atoms with van der Waals surface area (Å²) in [7, 11) is 0. The first-order valence-electron chi connectivity index (χ1n) is 9.44. The molecule has 0 radical (unpaired) electrons. The molecule has 0 aliphatic carbocycles. The van der Waals surface area contributed by atoms with Gasteiger partial charge in [-0.1, -0.05) is 48.5 Å². The average molecular weight is 404 g/mol. The third-order valence-electron chi connectivity index (χ3n) is 4.78. The van der Waals surface area contributed by atoms with Crippen molar-refractivity contribution >= 4 is 23.6 Å². The topological polar surface area (TPSA) is 62.3 Å².